The molecule has 0 unspecified atom stereocenters. The van der Waals surface area contributed by atoms with Crippen LogP contribution in [-0.2, 0) is 0 Å². The van der Waals surface area contributed by atoms with Gasteiger partial charge in [-0.1, -0.05) is 0 Å². The molecule has 3 N–H and O–H groups in total. The van der Waals surface area contributed by atoms with Crippen LogP contribution in [-0.4, -0.2) is 31.6 Å². The van der Waals surface area contributed by atoms with Crippen LogP contribution < -0.4 is 11.1 Å². The predicted molar refractivity (Wildman–Crippen MR) is 74.1 cm³/mol. The van der Waals surface area contributed by atoms with Crippen molar-refractivity contribution in [2.45, 2.75) is 19.3 Å². The molecule has 0 atom stereocenters. The van der Waals surface area contributed by atoms with Gasteiger partial charge in [-0.3, -0.25) is 0 Å². The maximum Gasteiger partial charge on any atom is 0.125 e. The van der Waals surface area contributed by atoms with E-state index in [4.69, 9.17) is 5.73 Å². The van der Waals surface area contributed by atoms with Gasteiger partial charge < -0.3 is 16.0 Å². The molecular formula is C14H22FN3. The number of nitrogens with zero attached hydrogens (tertiary/aromatic N) is 1. The molecule has 1 aromatic carbocycles. The van der Waals surface area contributed by atoms with Crippen LogP contribution >= 0.6 is 0 Å². The third-order valence-electron chi connectivity index (χ3n) is 3.72. The highest BCUT2D eigenvalue weighted by atomic mass is 19.1. The molecule has 3 nitrogen and oxygen atoms in total. The first-order valence-corrected chi connectivity index (χ1v) is 6.62. The molecule has 18 heavy (non-hydrogen) atoms. The first-order valence-electron chi connectivity index (χ1n) is 6.62. The maximum atomic E-state index is 12.9. The van der Waals surface area contributed by atoms with E-state index in [0.29, 0.717) is 5.69 Å². The largest absolute Gasteiger partial charge is 0.397 e. The topological polar surface area (TPSA) is 41.3 Å². The molecule has 1 fully saturated rings. The minimum atomic E-state index is -0.284. The zero-order valence-electron chi connectivity index (χ0n) is 11.0. The Balaban J connectivity index is 1.75. The van der Waals surface area contributed by atoms with E-state index in [1.165, 1.54) is 38.1 Å². The SMILES string of the molecule is CN1CCC(CCNc2ccc(F)cc2N)CC1. The van der Waals surface area contributed by atoms with Crippen molar-refractivity contribution in [2.24, 2.45) is 5.92 Å². The number of nitrogen functional groups attached to an aromatic ring is 1. The Morgan fingerprint density at radius 2 is 2.11 bits per heavy atom. The molecule has 0 spiro atoms. The van der Waals surface area contributed by atoms with Crippen molar-refractivity contribution in [3.63, 3.8) is 0 Å². The number of piperidine rings is 1. The fourth-order valence-corrected chi connectivity index (χ4v) is 2.46. The second-order valence-corrected chi connectivity index (χ2v) is 5.19. The number of nitrogens with two attached hydrogens (primary N) is 1. The van der Waals surface area contributed by atoms with E-state index in [1.807, 2.05) is 0 Å². The highest BCUT2D eigenvalue weighted by Crippen LogP contribution is 2.22. The van der Waals surface area contributed by atoms with Crippen LogP contribution in [0.4, 0.5) is 15.8 Å². The Morgan fingerprint density at radius 1 is 1.39 bits per heavy atom. The van der Waals surface area contributed by atoms with Crippen LogP contribution in [0.1, 0.15) is 19.3 Å². The molecule has 1 aliphatic rings. The summed E-state index contributed by atoms with van der Waals surface area (Å²) in [6.07, 6.45) is 3.71. The second-order valence-electron chi connectivity index (χ2n) is 5.19. The maximum absolute atomic E-state index is 12.9. The molecule has 0 radical (unpaired) electrons. The van der Waals surface area contributed by atoms with Crippen LogP contribution in [0.25, 0.3) is 0 Å². The number of likely N-dealkylation sites (tertiary alicyclic amines) is 1. The summed E-state index contributed by atoms with van der Waals surface area (Å²) in [5.41, 5.74) is 7.07. The van der Waals surface area contributed by atoms with Crippen LogP contribution in [0, 0.1) is 11.7 Å². The molecule has 1 heterocycles. The van der Waals surface area contributed by atoms with Gasteiger partial charge in [0.05, 0.1) is 11.4 Å². The van der Waals surface area contributed by atoms with Crippen molar-refractivity contribution in [1.82, 2.24) is 4.90 Å². The highest BCUT2D eigenvalue weighted by Gasteiger charge is 2.15. The average molecular weight is 251 g/mol. The van der Waals surface area contributed by atoms with E-state index in [0.717, 1.165) is 24.6 Å². The summed E-state index contributed by atoms with van der Waals surface area (Å²) in [4.78, 5) is 2.38. The Hall–Kier alpha value is -1.29. The van der Waals surface area contributed by atoms with Crippen LogP contribution in [0.5, 0.6) is 0 Å². The molecule has 0 amide bonds. The Kier molecular flexibility index (Phi) is 4.42. The van der Waals surface area contributed by atoms with Crippen molar-refractivity contribution in [1.29, 1.82) is 0 Å². The molecule has 2 rings (SSSR count). The lowest BCUT2D eigenvalue weighted by atomic mass is 9.94. The summed E-state index contributed by atoms with van der Waals surface area (Å²) in [7, 11) is 2.17. The Bertz CT molecular complexity index is 387. The lowest BCUT2D eigenvalue weighted by Gasteiger charge is -2.29. The molecule has 0 aromatic heterocycles. The number of anilines is 2. The average Bonchev–Trinajstić information content (AvgIpc) is 2.34. The van der Waals surface area contributed by atoms with Gasteiger partial charge in [0.2, 0.25) is 0 Å². The van der Waals surface area contributed by atoms with Crippen LogP contribution in [0.2, 0.25) is 0 Å². The summed E-state index contributed by atoms with van der Waals surface area (Å²) in [5, 5.41) is 3.29. The van der Waals surface area contributed by atoms with Gasteiger partial charge in [0, 0.05) is 6.54 Å². The predicted octanol–water partition coefficient (Wildman–Crippen LogP) is 2.55. The van der Waals surface area contributed by atoms with E-state index in [9.17, 15) is 4.39 Å². The van der Waals surface area contributed by atoms with E-state index < -0.39 is 0 Å². The van der Waals surface area contributed by atoms with Crippen molar-refractivity contribution in [2.75, 3.05) is 37.7 Å². The van der Waals surface area contributed by atoms with Crippen molar-refractivity contribution in [3.05, 3.63) is 24.0 Å². The van der Waals surface area contributed by atoms with E-state index in [-0.39, 0.29) is 5.82 Å². The molecule has 1 aliphatic heterocycles. The Morgan fingerprint density at radius 3 is 2.78 bits per heavy atom. The lowest BCUT2D eigenvalue weighted by Crippen LogP contribution is -2.30. The molecule has 0 aliphatic carbocycles. The second kappa shape index (κ2) is 6.05. The highest BCUT2D eigenvalue weighted by molar-refractivity contribution is 5.65. The van der Waals surface area contributed by atoms with Gasteiger partial charge in [-0.15, -0.1) is 0 Å². The van der Waals surface area contributed by atoms with Crippen molar-refractivity contribution in [3.8, 4) is 0 Å². The van der Waals surface area contributed by atoms with Gasteiger partial charge in [0.1, 0.15) is 5.82 Å². The number of hydrogen-bond donors (Lipinski definition) is 2. The Labute approximate surface area is 108 Å². The number of benzene rings is 1. The van der Waals surface area contributed by atoms with Gasteiger partial charge in [-0.05, 0) is 63.5 Å². The van der Waals surface area contributed by atoms with Gasteiger partial charge in [0.15, 0.2) is 0 Å². The summed E-state index contributed by atoms with van der Waals surface area (Å²) < 4.78 is 12.9. The van der Waals surface area contributed by atoms with Gasteiger partial charge >= 0.3 is 0 Å². The monoisotopic (exact) mass is 251 g/mol. The van der Waals surface area contributed by atoms with Crippen LogP contribution in [0.15, 0.2) is 18.2 Å². The summed E-state index contributed by atoms with van der Waals surface area (Å²) in [6.45, 7) is 3.30. The summed E-state index contributed by atoms with van der Waals surface area (Å²) in [5.74, 6) is 0.517. The lowest BCUT2D eigenvalue weighted by molar-refractivity contribution is 0.215. The van der Waals surface area contributed by atoms with Gasteiger partial charge in [0.25, 0.3) is 0 Å². The molecule has 0 saturated carbocycles. The fourth-order valence-electron chi connectivity index (χ4n) is 2.46. The number of halogens is 1. The normalized spacial score (nSPS) is 17.9. The molecule has 1 saturated heterocycles. The number of nitrogens with one attached hydrogen (secondary N) is 1. The summed E-state index contributed by atoms with van der Waals surface area (Å²) in [6, 6.07) is 4.51. The van der Waals surface area contributed by atoms with Crippen LogP contribution in [0.3, 0.4) is 0 Å². The third-order valence-corrected chi connectivity index (χ3v) is 3.72. The first kappa shape index (κ1) is 13.1. The van der Waals surface area contributed by atoms with Gasteiger partial charge in [-0.25, -0.2) is 4.39 Å². The van der Waals surface area contributed by atoms with E-state index in [1.54, 1.807) is 6.07 Å². The third kappa shape index (κ3) is 3.60. The quantitative estimate of drug-likeness (QED) is 0.808. The first-order chi connectivity index (χ1) is 8.65. The van der Waals surface area contributed by atoms with E-state index in [2.05, 4.69) is 17.3 Å². The van der Waals surface area contributed by atoms with E-state index >= 15 is 0 Å². The van der Waals surface area contributed by atoms with Gasteiger partial charge in [-0.2, -0.15) is 0 Å². The molecular weight excluding hydrogens is 229 g/mol. The zero-order valence-corrected chi connectivity index (χ0v) is 11.0. The minimum Gasteiger partial charge on any atom is -0.397 e. The number of hydrogen-bond acceptors (Lipinski definition) is 3. The molecule has 1 aromatic rings. The van der Waals surface area contributed by atoms with Crippen molar-refractivity contribution >= 4 is 11.4 Å². The molecule has 100 valence electrons. The number of rotatable bonds is 4. The smallest absolute Gasteiger partial charge is 0.125 e. The standard InChI is InChI=1S/C14H22FN3/c1-18-8-5-11(6-9-18)4-7-17-14-3-2-12(15)10-13(14)16/h2-3,10-11,17H,4-9,16H2,1H3. The van der Waals surface area contributed by atoms with Crippen molar-refractivity contribution < 1.29 is 4.39 Å². The minimum absolute atomic E-state index is 0.284. The molecule has 0 bridgehead atoms. The molecule has 4 heteroatoms. The zero-order chi connectivity index (χ0) is 13.0. The fraction of sp³-hybridized carbons (Fsp3) is 0.571. The summed E-state index contributed by atoms with van der Waals surface area (Å²) >= 11 is 0.